The van der Waals surface area contributed by atoms with Gasteiger partial charge in [0.05, 0.1) is 19.1 Å². The van der Waals surface area contributed by atoms with E-state index < -0.39 is 11.9 Å². The molecule has 0 aliphatic carbocycles. The van der Waals surface area contributed by atoms with Gasteiger partial charge in [0.15, 0.2) is 5.78 Å². The quantitative estimate of drug-likeness (QED) is 0.797. The maximum Gasteiger partial charge on any atom is 0.304 e. The van der Waals surface area contributed by atoms with Gasteiger partial charge >= 0.3 is 5.97 Å². The van der Waals surface area contributed by atoms with E-state index in [1.165, 1.54) is 7.11 Å². The first-order valence-electron chi connectivity index (χ1n) is 5.36. The van der Waals surface area contributed by atoms with Gasteiger partial charge in [-0.05, 0) is 19.1 Å². The molecule has 0 saturated heterocycles. The zero-order valence-corrected chi connectivity index (χ0v) is 10.2. The molecule has 4 heteroatoms. The molecule has 92 valence electrons. The van der Waals surface area contributed by atoms with Crippen LogP contribution in [0.2, 0.25) is 0 Å². The normalized spacial score (nSPS) is 11.9. The average Bonchev–Trinajstić information content (AvgIpc) is 2.27. The standard InChI is InChI=1S/C13H16O4/c1-8-4-5-11(17-3)10(6-8)13(16)9(2)7-12(14)15/h4-6,9H,7H2,1-3H3,(H,14,15). The maximum atomic E-state index is 12.1. The molecule has 0 saturated carbocycles. The molecule has 0 bridgehead atoms. The van der Waals surface area contributed by atoms with Crippen LogP contribution >= 0.6 is 0 Å². The lowest BCUT2D eigenvalue weighted by atomic mass is 9.95. The summed E-state index contributed by atoms with van der Waals surface area (Å²) in [5.74, 6) is -1.24. The van der Waals surface area contributed by atoms with E-state index in [1.807, 2.05) is 13.0 Å². The number of aryl methyl sites for hydroxylation is 1. The van der Waals surface area contributed by atoms with E-state index in [9.17, 15) is 9.59 Å². The van der Waals surface area contributed by atoms with Crippen LogP contribution in [0.5, 0.6) is 5.75 Å². The van der Waals surface area contributed by atoms with E-state index in [0.29, 0.717) is 11.3 Å². The predicted octanol–water partition coefficient (Wildman–Crippen LogP) is 2.30. The molecule has 17 heavy (non-hydrogen) atoms. The Hall–Kier alpha value is -1.84. The maximum absolute atomic E-state index is 12.1. The number of methoxy groups -OCH3 is 1. The van der Waals surface area contributed by atoms with Crippen molar-refractivity contribution in [1.29, 1.82) is 0 Å². The fourth-order valence-corrected chi connectivity index (χ4v) is 1.63. The Bertz CT molecular complexity index is 437. The summed E-state index contributed by atoms with van der Waals surface area (Å²) in [6.45, 7) is 3.48. The van der Waals surface area contributed by atoms with Crippen LogP contribution in [-0.4, -0.2) is 24.0 Å². The Morgan fingerprint density at radius 3 is 2.59 bits per heavy atom. The second-order valence-electron chi connectivity index (χ2n) is 4.07. The van der Waals surface area contributed by atoms with Crippen LogP contribution in [0, 0.1) is 12.8 Å². The number of rotatable bonds is 5. The molecule has 0 heterocycles. The highest BCUT2D eigenvalue weighted by Gasteiger charge is 2.21. The summed E-state index contributed by atoms with van der Waals surface area (Å²) < 4.78 is 5.11. The van der Waals surface area contributed by atoms with E-state index in [2.05, 4.69) is 0 Å². The first kappa shape index (κ1) is 13.2. The van der Waals surface area contributed by atoms with Gasteiger partial charge < -0.3 is 9.84 Å². The fourth-order valence-electron chi connectivity index (χ4n) is 1.63. The van der Waals surface area contributed by atoms with Crippen LogP contribution in [0.4, 0.5) is 0 Å². The molecule has 0 aliphatic heterocycles. The van der Waals surface area contributed by atoms with Crippen molar-refractivity contribution < 1.29 is 19.4 Å². The number of ether oxygens (including phenoxy) is 1. The summed E-state index contributed by atoms with van der Waals surface area (Å²) in [4.78, 5) is 22.7. The molecule has 0 amide bonds. The lowest BCUT2D eigenvalue weighted by Crippen LogP contribution is -2.16. The minimum Gasteiger partial charge on any atom is -0.496 e. The van der Waals surface area contributed by atoms with Crippen LogP contribution in [0.1, 0.15) is 29.3 Å². The van der Waals surface area contributed by atoms with E-state index in [4.69, 9.17) is 9.84 Å². The first-order chi connectivity index (χ1) is 7.95. The number of carboxylic acid groups (broad SMARTS) is 1. The zero-order valence-electron chi connectivity index (χ0n) is 10.2. The number of hydrogen-bond donors (Lipinski definition) is 1. The molecule has 0 radical (unpaired) electrons. The molecule has 0 spiro atoms. The zero-order chi connectivity index (χ0) is 13.0. The van der Waals surface area contributed by atoms with E-state index in [1.54, 1.807) is 19.1 Å². The number of Topliss-reactive ketones (excluding diaryl/α,β-unsaturated/α-hetero) is 1. The third-order valence-corrected chi connectivity index (χ3v) is 2.55. The van der Waals surface area contributed by atoms with Gasteiger partial charge in [-0.15, -0.1) is 0 Å². The van der Waals surface area contributed by atoms with Crippen molar-refractivity contribution >= 4 is 11.8 Å². The summed E-state index contributed by atoms with van der Waals surface area (Å²) >= 11 is 0. The molecule has 0 fully saturated rings. The van der Waals surface area contributed by atoms with Crippen molar-refractivity contribution in [3.8, 4) is 5.75 Å². The van der Waals surface area contributed by atoms with Crippen molar-refractivity contribution in [2.24, 2.45) is 5.92 Å². The smallest absolute Gasteiger partial charge is 0.304 e. The summed E-state index contributed by atoms with van der Waals surface area (Å²) in [7, 11) is 1.49. The highest BCUT2D eigenvalue weighted by Crippen LogP contribution is 2.23. The van der Waals surface area contributed by atoms with Gasteiger partial charge in [0.2, 0.25) is 0 Å². The molecule has 4 nitrogen and oxygen atoms in total. The van der Waals surface area contributed by atoms with Gasteiger partial charge in [0.1, 0.15) is 5.75 Å². The summed E-state index contributed by atoms with van der Waals surface area (Å²) in [5.41, 5.74) is 1.39. The van der Waals surface area contributed by atoms with Crippen LogP contribution in [0.3, 0.4) is 0 Å². The van der Waals surface area contributed by atoms with Crippen LogP contribution in [-0.2, 0) is 4.79 Å². The van der Waals surface area contributed by atoms with Gasteiger partial charge in [-0.1, -0.05) is 18.6 Å². The molecule has 1 atom stereocenters. The average molecular weight is 236 g/mol. The topological polar surface area (TPSA) is 63.6 Å². The number of carboxylic acids is 1. The third-order valence-electron chi connectivity index (χ3n) is 2.55. The first-order valence-corrected chi connectivity index (χ1v) is 5.36. The Morgan fingerprint density at radius 1 is 1.41 bits per heavy atom. The van der Waals surface area contributed by atoms with E-state index >= 15 is 0 Å². The van der Waals surface area contributed by atoms with Gasteiger partial charge in [-0.3, -0.25) is 9.59 Å². The van der Waals surface area contributed by atoms with Crippen molar-refractivity contribution in [2.45, 2.75) is 20.3 Å². The minimum atomic E-state index is -0.975. The van der Waals surface area contributed by atoms with Crippen molar-refractivity contribution in [3.05, 3.63) is 29.3 Å². The number of hydrogen-bond acceptors (Lipinski definition) is 3. The Morgan fingerprint density at radius 2 is 2.06 bits per heavy atom. The molecular weight excluding hydrogens is 220 g/mol. The number of ketones is 1. The summed E-state index contributed by atoms with van der Waals surface area (Å²) in [6, 6.07) is 5.28. The number of benzene rings is 1. The Balaban J connectivity index is 3.02. The van der Waals surface area contributed by atoms with Crippen LogP contribution in [0.25, 0.3) is 0 Å². The minimum absolute atomic E-state index is 0.171. The lowest BCUT2D eigenvalue weighted by Gasteiger charge is -2.12. The van der Waals surface area contributed by atoms with Crippen molar-refractivity contribution in [2.75, 3.05) is 7.11 Å². The highest BCUT2D eigenvalue weighted by molar-refractivity contribution is 6.01. The van der Waals surface area contributed by atoms with Gasteiger partial charge in [0.25, 0.3) is 0 Å². The molecule has 1 N–H and O–H groups in total. The van der Waals surface area contributed by atoms with E-state index in [0.717, 1.165) is 5.56 Å². The lowest BCUT2D eigenvalue weighted by molar-refractivity contribution is -0.137. The Labute approximate surface area is 100 Å². The number of carbonyl (C=O) groups is 2. The van der Waals surface area contributed by atoms with Gasteiger partial charge in [-0.25, -0.2) is 0 Å². The highest BCUT2D eigenvalue weighted by atomic mass is 16.5. The Kier molecular flexibility index (Phi) is 4.26. The molecule has 1 aromatic carbocycles. The predicted molar refractivity (Wildman–Crippen MR) is 63.5 cm³/mol. The van der Waals surface area contributed by atoms with Crippen molar-refractivity contribution in [1.82, 2.24) is 0 Å². The SMILES string of the molecule is COc1ccc(C)cc1C(=O)C(C)CC(=O)O. The molecule has 1 unspecified atom stereocenters. The number of aliphatic carboxylic acids is 1. The van der Waals surface area contributed by atoms with Crippen LogP contribution < -0.4 is 4.74 Å². The van der Waals surface area contributed by atoms with Crippen LogP contribution in [0.15, 0.2) is 18.2 Å². The molecular formula is C13H16O4. The monoisotopic (exact) mass is 236 g/mol. The van der Waals surface area contributed by atoms with Gasteiger partial charge in [0, 0.05) is 5.92 Å². The van der Waals surface area contributed by atoms with Crippen molar-refractivity contribution in [3.63, 3.8) is 0 Å². The summed E-state index contributed by atoms with van der Waals surface area (Å²) in [5, 5.41) is 8.68. The van der Waals surface area contributed by atoms with E-state index in [-0.39, 0.29) is 12.2 Å². The second-order valence-corrected chi connectivity index (χ2v) is 4.07. The molecule has 0 aromatic heterocycles. The largest absolute Gasteiger partial charge is 0.496 e. The molecule has 0 aliphatic rings. The molecule has 1 aromatic rings. The second kappa shape index (κ2) is 5.48. The molecule has 1 rings (SSSR count). The third kappa shape index (κ3) is 3.31. The fraction of sp³-hybridized carbons (Fsp3) is 0.385. The number of carbonyl (C=O) groups excluding carboxylic acids is 1. The summed E-state index contributed by atoms with van der Waals surface area (Å²) in [6.07, 6.45) is -0.171. The van der Waals surface area contributed by atoms with Gasteiger partial charge in [-0.2, -0.15) is 0 Å².